The molecule has 4 heterocycles. The summed E-state index contributed by atoms with van der Waals surface area (Å²) in [7, 11) is 0. The summed E-state index contributed by atoms with van der Waals surface area (Å²) in [6, 6.07) is 51.0. The van der Waals surface area contributed by atoms with E-state index in [1.54, 1.807) is 0 Å². The molecule has 0 bridgehead atoms. The minimum atomic E-state index is -0.220. The number of fused-ring (bicyclic) bond motifs is 13. The van der Waals surface area contributed by atoms with Crippen LogP contribution < -0.4 is 25.4 Å². The maximum Gasteiger partial charge on any atom is 0.334 e. The summed E-state index contributed by atoms with van der Waals surface area (Å²) in [4.78, 5) is 5.42. The Hall–Kier alpha value is -6.04. The first-order chi connectivity index (χ1) is 30.6. The molecule has 0 saturated carbocycles. The molecule has 0 amide bonds. The third kappa shape index (κ3) is 5.00. The summed E-state index contributed by atoms with van der Waals surface area (Å²) in [5, 5.41) is 2.67. The molecule has 3 aliphatic heterocycles. The van der Waals surface area contributed by atoms with E-state index >= 15 is 0 Å². The quantitative estimate of drug-likeness (QED) is 0.161. The third-order valence-corrected chi connectivity index (χ3v) is 17.0. The van der Waals surface area contributed by atoms with Crippen LogP contribution in [0.25, 0.3) is 43.5 Å². The van der Waals surface area contributed by atoms with E-state index in [0.29, 0.717) is 0 Å². The van der Waals surface area contributed by atoms with Gasteiger partial charge in [-0.2, -0.15) is 0 Å². The van der Waals surface area contributed by atoms with Crippen LogP contribution in [0.15, 0.2) is 133 Å². The fraction of sp³-hybridized carbons (Fsp3) is 0.254. The van der Waals surface area contributed by atoms with Crippen molar-refractivity contribution in [2.24, 2.45) is 0 Å². The summed E-state index contributed by atoms with van der Waals surface area (Å²) >= 11 is 1.99. The zero-order valence-electron chi connectivity index (χ0n) is 38.4. The van der Waals surface area contributed by atoms with Crippen molar-refractivity contribution in [1.82, 2.24) is 0 Å². The lowest BCUT2D eigenvalue weighted by Gasteiger charge is -2.48. The van der Waals surface area contributed by atoms with Gasteiger partial charge in [0.15, 0.2) is 5.75 Å². The first-order valence-corrected chi connectivity index (χ1v) is 24.1. The highest BCUT2D eigenvalue weighted by Gasteiger charge is 2.53. The van der Waals surface area contributed by atoms with Crippen molar-refractivity contribution in [2.45, 2.75) is 96.8 Å². The van der Waals surface area contributed by atoms with Crippen molar-refractivity contribution in [1.29, 1.82) is 0 Å². The van der Waals surface area contributed by atoms with Crippen LogP contribution in [-0.4, -0.2) is 6.85 Å². The van der Waals surface area contributed by atoms with Gasteiger partial charge in [0, 0.05) is 26.8 Å². The fourth-order valence-corrected chi connectivity index (χ4v) is 13.5. The molecule has 0 atom stereocenters. The molecule has 2 aliphatic carbocycles. The molecule has 64 heavy (non-hydrogen) atoms. The van der Waals surface area contributed by atoms with E-state index in [0.717, 1.165) is 22.9 Å². The summed E-state index contributed by atoms with van der Waals surface area (Å²) in [5.74, 6) is 1.82. The number of nitrogens with zero attached hydrogens (tertiary/aromatic N) is 2. The molecular weight excluding hydrogens is 796 g/mol. The second-order valence-corrected chi connectivity index (χ2v) is 23.0. The Balaban J connectivity index is 1.25. The Kier molecular flexibility index (Phi) is 7.57. The van der Waals surface area contributed by atoms with Crippen molar-refractivity contribution < 1.29 is 4.74 Å². The third-order valence-electron chi connectivity index (χ3n) is 15.9. The standard InChI is InChI=1S/C59H53BN2OS/c1-56(2,3)35-26-27-45(38(30-35)34-18-11-10-12-19-34)61-54-50-37-20-13-14-22-41(37)59(8,9)44(50)31-39-36-21-17-25-48-53(36)62(46-23-15-16-24-47(46)63-48)60(51(39)54)52-40-32-42-43(33-49(40)64-55(52)61)58(6,7)29-28-57(42,4)5/h10-27,30-33H,28-29H2,1-9H3. The number of ether oxygens (including phenoxy) is 1. The summed E-state index contributed by atoms with van der Waals surface area (Å²) in [5.41, 5.74) is 22.2. The van der Waals surface area contributed by atoms with Crippen LogP contribution in [0.4, 0.5) is 27.8 Å². The minimum absolute atomic E-state index is 0.0300. The smallest absolute Gasteiger partial charge is 0.334 e. The lowest BCUT2D eigenvalue weighted by Crippen LogP contribution is -2.62. The van der Waals surface area contributed by atoms with Crippen molar-refractivity contribution in [3.05, 3.63) is 161 Å². The van der Waals surface area contributed by atoms with Crippen LogP contribution in [0.2, 0.25) is 0 Å². The predicted octanol–water partition coefficient (Wildman–Crippen LogP) is 15.3. The van der Waals surface area contributed by atoms with E-state index in [2.05, 4.69) is 205 Å². The Bertz CT molecular complexity index is 3350. The van der Waals surface area contributed by atoms with Gasteiger partial charge in [-0.1, -0.05) is 147 Å². The molecule has 1 aromatic heterocycles. The Morgan fingerprint density at radius 3 is 2.03 bits per heavy atom. The summed E-state index contributed by atoms with van der Waals surface area (Å²) in [6.45, 7) is 21.6. The van der Waals surface area contributed by atoms with E-state index in [1.807, 2.05) is 11.3 Å². The predicted molar refractivity (Wildman–Crippen MR) is 273 cm³/mol. The molecule has 7 aromatic carbocycles. The highest BCUT2D eigenvalue weighted by Crippen LogP contribution is 2.62. The lowest BCUT2D eigenvalue weighted by molar-refractivity contribution is 0.332. The second-order valence-electron chi connectivity index (χ2n) is 21.9. The van der Waals surface area contributed by atoms with Crippen molar-refractivity contribution in [2.75, 3.05) is 9.71 Å². The minimum Gasteiger partial charge on any atom is -0.453 e. The van der Waals surface area contributed by atoms with Crippen LogP contribution in [0.3, 0.4) is 0 Å². The largest absolute Gasteiger partial charge is 0.453 e. The van der Waals surface area contributed by atoms with Crippen molar-refractivity contribution in [3.63, 3.8) is 0 Å². The molecule has 0 spiro atoms. The number of para-hydroxylation sites is 3. The second kappa shape index (κ2) is 12.6. The molecule has 5 heteroatoms. The molecule has 0 unspecified atom stereocenters. The van der Waals surface area contributed by atoms with Crippen LogP contribution in [0.1, 0.15) is 103 Å². The fourth-order valence-electron chi connectivity index (χ4n) is 12.3. The van der Waals surface area contributed by atoms with Gasteiger partial charge in [-0.05, 0) is 138 Å². The van der Waals surface area contributed by atoms with Crippen molar-refractivity contribution >= 4 is 66.9 Å². The average molecular weight is 849 g/mol. The van der Waals surface area contributed by atoms with Gasteiger partial charge in [0.05, 0.1) is 27.8 Å². The molecule has 0 fully saturated rings. The summed E-state index contributed by atoms with van der Waals surface area (Å²) in [6.07, 6.45) is 2.35. The van der Waals surface area contributed by atoms with E-state index < -0.39 is 0 Å². The molecule has 3 nitrogen and oxygen atoms in total. The first-order valence-electron chi connectivity index (χ1n) is 23.3. The molecule has 13 rings (SSSR count). The maximum atomic E-state index is 6.89. The van der Waals surface area contributed by atoms with Gasteiger partial charge in [-0.25, -0.2) is 0 Å². The number of anilines is 5. The van der Waals surface area contributed by atoms with E-state index in [9.17, 15) is 0 Å². The SMILES string of the molecule is CC(C)(C)c1ccc(N2c3sc4cc5c(cc4c3B3c4c(cc6c(c42)-c2ccccc2C6(C)C)-c2cccc4c2N3c2ccccc2O4)C(C)(C)CCC5(C)C)c(-c2ccccc2)c1. The number of rotatable bonds is 2. The lowest BCUT2D eigenvalue weighted by atomic mass is 9.43. The normalized spacial score (nSPS) is 17.4. The van der Waals surface area contributed by atoms with Crippen LogP contribution in [0.5, 0.6) is 11.5 Å². The Morgan fingerprint density at radius 1 is 0.562 bits per heavy atom. The molecule has 8 aromatic rings. The van der Waals surface area contributed by atoms with Gasteiger partial charge in [-0.3, -0.25) is 0 Å². The van der Waals surface area contributed by atoms with Gasteiger partial charge >= 0.3 is 6.85 Å². The molecule has 0 radical (unpaired) electrons. The molecule has 0 saturated heterocycles. The zero-order valence-corrected chi connectivity index (χ0v) is 39.2. The molecule has 5 aliphatic rings. The number of benzene rings is 7. The van der Waals surface area contributed by atoms with Gasteiger partial charge in [0.25, 0.3) is 0 Å². The van der Waals surface area contributed by atoms with Crippen LogP contribution in [0, 0.1) is 0 Å². The first kappa shape index (κ1) is 38.4. The monoisotopic (exact) mass is 848 g/mol. The molecular formula is C59H53BN2OS. The Labute approximate surface area is 382 Å². The van der Waals surface area contributed by atoms with Crippen molar-refractivity contribution in [3.8, 4) is 44.9 Å². The van der Waals surface area contributed by atoms with Crippen LogP contribution >= 0.6 is 11.3 Å². The van der Waals surface area contributed by atoms with E-state index in [1.165, 1.54) is 111 Å². The van der Waals surface area contributed by atoms with Crippen LogP contribution in [-0.2, 0) is 21.7 Å². The van der Waals surface area contributed by atoms with E-state index in [-0.39, 0.29) is 28.5 Å². The molecule has 314 valence electrons. The van der Waals surface area contributed by atoms with Gasteiger partial charge in [0.1, 0.15) is 5.75 Å². The summed E-state index contributed by atoms with van der Waals surface area (Å²) < 4.78 is 8.25. The highest BCUT2D eigenvalue weighted by atomic mass is 32.1. The topological polar surface area (TPSA) is 15.7 Å². The number of hydrogen-bond acceptors (Lipinski definition) is 4. The number of thiophene rings is 1. The molecule has 0 N–H and O–H groups in total. The van der Waals surface area contributed by atoms with Gasteiger partial charge in [0.2, 0.25) is 0 Å². The Morgan fingerprint density at radius 2 is 1.25 bits per heavy atom. The zero-order chi connectivity index (χ0) is 43.8. The average Bonchev–Trinajstić information content (AvgIpc) is 3.77. The maximum absolute atomic E-state index is 6.89. The van der Waals surface area contributed by atoms with Gasteiger partial charge < -0.3 is 14.4 Å². The van der Waals surface area contributed by atoms with E-state index in [4.69, 9.17) is 4.74 Å². The number of hydrogen-bond donors (Lipinski definition) is 0. The highest BCUT2D eigenvalue weighted by molar-refractivity contribution is 7.26. The van der Waals surface area contributed by atoms with Gasteiger partial charge in [-0.15, -0.1) is 11.3 Å².